The summed E-state index contributed by atoms with van der Waals surface area (Å²) in [7, 11) is 0. The zero-order valence-corrected chi connectivity index (χ0v) is 9.66. The Hall–Kier alpha value is -1.09. The maximum absolute atomic E-state index is 12.8. The third-order valence-corrected chi connectivity index (χ3v) is 2.00. The Morgan fingerprint density at radius 1 is 0.478 bits per heavy atom. The highest BCUT2D eigenvalue weighted by Crippen LogP contribution is 2.55. The Kier molecular flexibility index (Phi) is 5.22. The maximum atomic E-state index is 12.8. The van der Waals surface area contributed by atoms with E-state index in [4.69, 9.17) is 0 Å². The first kappa shape index (κ1) is 21.9. The predicted octanol–water partition coefficient (Wildman–Crippen LogP) is 5.13. The first-order valence-electron chi connectivity index (χ1n) is 4.61. The molecule has 0 aromatic heterocycles. The monoisotopic (exact) mass is 386 g/mol. The molecule has 0 rings (SSSR count). The van der Waals surface area contributed by atoms with Crippen LogP contribution in [0.1, 0.15) is 0 Å². The molecule has 0 heterocycles. The van der Waals surface area contributed by atoms with Gasteiger partial charge in [-0.15, -0.1) is 0 Å². The summed E-state index contributed by atoms with van der Waals surface area (Å²) in [6.07, 6.45) is -36.4. The molecule has 0 saturated carbocycles. The Labute approximate surface area is 115 Å². The fraction of sp³-hybridized carbons (Fsp3) is 1.00. The first-order chi connectivity index (χ1) is 9.57. The quantitative estimate of drug-likeness (QED) is 0.612. The molecule has 0 atom stereocenters. The zero-order valence-electron chi connectivity index (χ0n) is 9.66. The van der Waals surface area contributed by atoms with Crippen molar-refractivity contribution in [2.75, 3.05) is 0 Å². The van der Waals surface area contributed by atoms with Gasteiger partial charge in [0, 0.05) is 0 Å². The average molecular weight is 386 g/mol. The third kappa shape index (κ3) is 4.47. The molecule has 0 amide bonds. The van der Waals surface area contributed by atoms with Crippen LogP contribution in [0.4, 0.5) is 65.9 Å². The second kappa shape index (κ2) is 5.47. The van der Waals surface area contributed by atoms with Gasteiger partial charge in [-0.1, -0.05) is 0 Å². The largest absolute Gasteiger partial charge is 0.458 e. The summed E-state index contributed by atoms with van der Waals surface area (Å²) in [5, 5.41) is 0. The third-order valence-electron chi connectivity index (χ3n) is 2.00. The molecule has 0 aliphatic heterocycles. The molecule has 0 aromatic rings. The fourth-order valence-corrected chi connectivity index (χ4v) is 1.09. The lowest BCUT2D eigenvalue weighted by Gasteiger charge is -2.36. The maximum Gasteiger partial charge on any atom is 0.458 e. The van der Waals surface area contributed by atoms with Crippen molar-refractivity contribution in [2.45, 2.75) is 36.7 Å². The van der Waals surface area contributed by atoms with Gasteiger partial charge in [0.15, 0.2) is 0 Å². The minimum atomic E-state index is -7.47. The SMILES string of the molecule is FC(F)(F)C(C(F)(F)F)C(F)(F)OC(F)(C(F)(F)F)C(F)(F)F. The summed E-state index contributed by atoms with van der Waals surface area (Å²) in [4.78, 5) is 0. The van der Waals surface area contributed by atoms with Gasteiger partial charge < -0.3 is 0 Å². The number of hydrogen-bond acceptors (Lipinski definition) is 1. The molecular formula is C7HF15O. The van der Waals surface area contributed by atoms with E-state index in [0.29, 0.717) is 0 Å². The highest BCUT2D eigenvalue weighted by Gasteiger charge is 2.81. The van der Waals surface area contributed by atoms with Gasteiger partial charge in [0.2, 0.25) is 5.92 Å². The van der Waals surface area contributed by atoms with Gasteiger partial charge in [0.1, 0.15) is 0 Å². The molecule has 0 bridgehead atoms. The van der Waals surface area contributed by atoms with Crippen LogP contribution < -0.4 is 0 Å². The van der Waals surface area contributed by atoms with Crippen molar-refractivity contribution < 1.29 is 70.6 Å². The number of rotatable bonds is 3. The van der Waals surface area contributed by atoms with Crippen molar-refractivity contribution in [3.63, 3.8) is 0 Å². The molecule has 0 aliphatic carbocycles. The Morgan fingerprint density at radius 3 is 0.913 bits per heavy atom. The number of hydrogen-bond donors (Lipinski definition) is 0. The summed E-state index contributed by atoms with van der Waals surface area (Å²) >= 11 is 0. The van der Waals surface area contributed by atoms with Crippen molar-refractivity contribution in [3.05, 3.63) is 0 Å². The van der Waals surface area contributed by atoms with Gasteiger partial charge in [-0.25, -0.2) is 0 Å². The van der Waals surface area contributed by atoms with E-state index in [9.17, 15) is 65.9 Å². The van der Waals surface area contributed by atoms with Gasteiger partial charge in [-0.3, -0.25) is 4.74 Å². The van der Waals surface area contributed by atoms with E-state index < -0.39 is 42.6 Å². The van der Waals surface area contributed by atoms with Crippen molar-refractivity contribution in [1.29, 1.82) is 0 Å². The standard InChI is InChI=1S/C7HF15O/c8-2(9,10)1(3(11,12)13)4(14,15)23-5(16,6(17,18)19)7(20,21)22/h1H. The topological polar surface area (TPSA) is 9.23 Å². The highest BCUT2D eigenvalue weighted by atomic mass is 19.4. The van der Waals surface area contributed by atoms with E-state index in [-0.39, 0.29) is 0 Å². The first-order valence-corrected chi connectivity index (χ1v) is 4.61. The molecule has 1 nitrogen and oxygen atoms in total. The summed E-state index contributed by atoms with van der Waals surface area (Å²) in [6, 6.07) is 0. The highest BCUT2D eigenvalue weighted by molar-refractivity contribution is 4.91. The molecule has 0 saturated heterocycles. The summed E-state index contributed by atoms with van der Waals surface area (Å²) in [6.45, 7) is 0. The molecule has 0 radical (unpaired) electrons. The number of alkyl halides is 15. The Bertz CT molecular complexity index is 380. The Morgan fingerprint density at radius 2 is 0.739 bits per heavy atom. The predicted molar refractivity (Wildman–Crippen MR) is 37.6 cm³/mol. The van der Waals surface area contributed by atoms with E-state index in [1.165, 1.54) is 4.74 Å². The normalized spacial score (nSPS) is 16.2. The van der Waals surface area contributed by atoms with Gasteiger partial charge in [-0.2, -0.15) is 65.9 Å². The zero-order chi connectivity index (χ0) is 19.3. The second-order valence-electron chi connectivity index (χ2n) is 3.77. The van der Waals surface area contributed by atoms with Crippen molar-refractivity contribution >= 4 is 0 Å². The van der Waals surface area contributed by atoms with Crippen LogP contribution in [-0.2, 0) is 4.74 Å². The van der Waals surface area contributed by atoms with Gasteiger partial charge >= 0.3 is 36.7 Å². The molecule has 0 aliphatic rings. The minimum absolute atomic E-state index is 1.38. The Balaban J connectivity index is 6.10. The van der Waals surface area contributed by atoms with Crippen LogP contribution in [0.5, 0.6) is 0 Å². The van der Waals surface area contributed by atoms with Crippen LogP contribution in [-0.4, -0.2) is 36.7 Å². The van der Waals surface area contributed by atoms with Gasteiger partial charge in [0.25, 0.3) is 0 Å². The molecule has 0 unspecified atom stereocenters. The summed E-state index contributed by atoms with van der Waals surface area (Å²) in [5.41, 5.74) is 0. The van der Waals surface area contributed by atoms with E-state index in [2.05, 4.69) is 0 Å². The molecule has 0 aromatic carbocycles. The van der Waals surface area contributed by atoms with Crippen LogP contribution in [0, 0.1) is 5.92 Å². The molecule has 0 spiro atoms. The van der Waals surface area contributed by atoms with E-state index in [1.807, 2.05) is 0 Å². The summed E-state index contributed by atoms with van der Waals surface area (Å²) in [5.74, 6) is -13.6. The summed E-state index contributed by atoms with van der Waals surface area (Å²) < 4.78 is 182. The van der Waals surface area contributed by atoms with Crippen molar-refractivity contribution in [3.8, 4) is 0 Å². The second-order valence-corrected chi connectivity index (χ2v) is 3.77. The number of halogens is 15. The number of ether oxygens (including phenoxy) is 1. The molecule has 0 N–H and O–H groups in total. The van der Waals surface area contributed by atoms with Crippen molar-refractivity contribution in [1.82, 2.24) is 0 Å². The van der Waals surface area contributed by atoms with E-state index >= 15 is 0 Å². The molecule has 0 fully saturated rings. The molecule has 140 valence electrons. The van der Waals surface area contributed by atoms with Crippen molar-refractivity contribution in [2.24, 2.45) is 5.92 Å². The lowest BCUT2D eigenvalue weighted by molar-refractivity contribution is -0.508. The van der Waals surface area contributed by atoms with E-state index in [1.54, 1.807) is 0 Å². The smallest absolute Gasteiger partial charge is 0.267 e. The van der Waals surface area contributed by atoms with Crippen LogP contribution in [0.3, 0.4) is 0 Å². The van der Waals surface area contributed by atoms with Gasteiger partial charge in [-0.05, 0) is 0 Å². The minimum Gasteiger partial charge on any atom is -0.267 e. The fourth-order valence-electron chi connectivity index (χ4n) is 1.09. The van der Waals surface area contributed by atoms with E-state index in [0.717, 1.165) is 0 Å². The van der Waals surface area contributed by atoms with Crippen LogP contribution in [0.25, 0.3) is 0 Å². The molecule has 23 heavy (non-hydrogen) atoms. The average Bonchev–Trinajstić information content (AvgIpc) is 2.05. The van der Waals surface area contributed by atoms with Crippen LogP contribution in [0.15, 0.2) is 0 Å². The molecule has 16 heteroatoms. The van der Waals surface area contributed by atoms with Crippen LogP contribution in [0.2, 0.25) is 0 Å². The molecular weight excluding hydrogens is 385 g/mol. The lowest BCUT2D eigenvalue weighted by atomic mass is 10.1. The van der Waals surface area contributed by atoms with Crippen LogP contribution >= 0.6 is 0 Å². The van der Waals surface area contributed by atoms with Gasteiger partial charge in [0.05, 0.1) is 0 Å². The lowest BCUT2D eigenvalue weighted by Crippen LogP contribution is -2.62.